The summed E-state index contributed by atoms with van der Waals surface area (Å²) < 4.78 is 0. The molecule has 1 fully saturated rings. The average Bonchev–Trinajstić information content (AvgIpc) is 2.86. The molecule has 0 aromatic carbocycles. The molecule has 0 bridgehead atoms. The fraction of sp³-hybridized carbons (Fsp3) is 0.385. The Labute approximate surface area is 116 Å². The Hall–Kier alpha value is -1.82. The van der Waals surface area contributed by atoms with E-state index in [1.807, 2.05) is 13.8 Å². The zero-order valence-electron chi connectivity index (χ0n) is 11.1. The largest absolute Gasteiger partial charge is 0.336 e. The first-order chi connectivity index (χ1) is 9.04. The predicted octanol–water partition coefficient (Wildman–Crippen LogP) is 2.18. The number of carbonyl (C=O) groups is 2. The highest BCUT2D eigenvalue weighted by molar-refractivity contribution is 7.16. The van der Waals surface area contributed by atoms with Crippen molar-refractivity contribution in [2.24, 2.45) is 0 Å². The van der Waals surface area contributed by atoms with E-state index in [9.17, 15) is 9.59 Å². The van der Waals surface area contributed by atoms with Crippen LogP contribution in [0.4, 0.5) is 9.80 Å². The van der Waals surface area contributed by atoms with Crippen LogP contribution in [0.5, 0.6) is 0 Å². The molecule has 1 aromatic heterocycles. The van der Waals surface area contributed by atoms with Crippen molar-refractivity contribution >= 4 is 34.4 Å². The number of nitrogens with one attached hydrogen (secondary N) is 2. The lowest BCUT2D eigenvalue weighted by Crippen LogP contribution is -2.27. The molecular weight excluding hydrogens is 262 g/mol. The number of thiophene rings is 1. The molecule has 0 aliphatic carbocycles. The van der Waals surface area contributed by atoms with E-state index < -0.39 is 0 Å². The molecule has 0 unspecified atom stereocenters. The Bertz CT molecular complexity index is 536. The summed E-state index contributed by atoms with van der Waals surface area (Å²) in [5, 5.41) is 6.29. The van der Waals surface area contributed by atoms with E-state index in [-0.39, 0.29) is 6.03 Å². The van der Waals surface area contributed by atoms with E-state index in [0.717, 1.165) is 33.1 Å². The van der Waals surface area contributed by atoms with E-state index >= 15 is 0 Å². The summed E-state index contributed by atoms with van der Waals surface area (Å²) in [6, 6.07) is -0.0328. The molecule has 2 N–H and O–H groups in total. The van der Waals surface area contributed by atoms with Crippen LogP contribution in [-0.2, 0) is 11.3 Å². The van der Waals surface area contributed by atoms with Crippen LogP contribution in [0.2, 0.25) is 0 Å². The number of nitrogens with zero attached hydrogens (tertiary/aromatic N) is 1. The normalized spacial score (nSPS) is 14.4. The van der Waals surface area contributed by atoms with Gasteiger partial charge in [0.25, 0.3) is 0 Å². The lowest BCUT2D eigenvalue weighted by Gasteiger charge is -2.13. The minimum absolute atomic E-state index is 0.0328. The molecule has 2 rings (SSSR count). The Morgan fingerprint density at radius 2 is 2.37 bits per heavy atom. The van der Waals surface area contributed by atoms with E-state index in [1.54, 1.807) is 4.90 Å². The quantitative estimate of drug-likeness (QED) is 0.812. The van der Waals surface area contributed by atoms with Crippen LogP contribution in [0, 0.1) is 6.92 Å². The number of hydrogen-bond acceptors (Lipinski definition) is 3. The van der Waals surface area contributed by atoms with Gasteiger partial charge in [-0.3, -0.25) is 4.79 Å². The van der Waals surface area contributed by atoms with Gasteiger partial charge >= 0.3 is 6.03 Å². The van der Waals surface area contributed by atoms with E-state index in [0.29, 0.717) is 19.5 Å². The third-order valence-corrected chi connectivity index (χ3v) is 4.35. The van der Waals surface area contributed by atoms with E-state index in [2.05, 4.69) is 17.2 Å². The maximum absolute atomic E-state index is 11.6. The summed E-state index contributed by atoms with van der Waals surface area (Å²) in [4.78, 5) is 25.1. The molecule has 0 atom stereocenters. The number of hydrogen-bond donors (Lipinski definition) is 2. The first-order valence-corrected chi connectivity index (χ1v) is 6.87. The van der Waals surface area contributed by atoms with Crippen LogP contribution in [0.25, 0.3) is 5.57 Å². The third kappa shape index (κ3) is 2.63. The van der Waals surface area contributed by atoms with Crippen LogP contribution in [0.1, 0.15) is 22.9 Å². The summed E-state index contributed by atoms with van der Waals surface area (Å²) in [5.41, 5.74) is 2.98. The molecule has 3 amide bonds. The molecule has 1 aliphatic rings. The van der Waals surface area contributed by atoms with E-state index in [1.165, 1.54) is 11.3 Å². The highest BCUT2D eigenvalue weighted by atomic mass is 32.1. The Kier molecular flexibility index (Phi) is 3.90. The standard InChI is InChI=1S/C13H17N3O2S/c1-8(2)11-9(3)10(19-12(11)15-7-17)6-16-5-4-14-13(16)18/h7H,1,4-6H2,2-3H3,(H,14,18)(H,15,17). The Balaban J connectivity index is 2.30. The zero-order valence-corrected chi connectivity index (χ0v) is 11.9. The summed E-state index contributed by atoms with van der Waals surface area (Å²) >= 11 is 1.50. The van der Waals surface area contributed by atoms with Crippen molar-refractivity contribution in [1.29, 1.82) is 0 Å². The minimum Gasteiger partial charge on any atom is -0.336 e. The molecule has 5 nitrogen and oxygen atoms in total. The Morgan fingerprint density at radius 1 is 1.63 bits per heavy atom. The summed E-state index contributed by atoms with van der Waals surface area (Å²) in [6.45, 7) is 9.84. The number of amides is 3. The Morgan fingerprint density at radius 3 is 2.89 bits per heavy atom. The van der Waals surface area contributed by atoms with Crippen molar-refractivity contribution in [3.05, 3.63) is 22.6 Å². The van der Waals surface area contributed by atoms with Gasteiger partial charge in [0.05, 0.1) is 6.54 Å². The van der Waals surface area contributed by atoms with Gasteiger partial charge in [0.2, 0.25) is 6.41 Å². The van der Waals surface area contributed by atoms with Crippen molar-refractivity contribution in [2.45, 2.75) is 20.4 Å². The van der Waals surface area contributed by atoms with Crippen LogP contribution < -0.4 is 10.6 Å². The molecule has 1 aromatic rings. The van der Waals surface area contributed by atoms with Gasteiger partial charge in [-0.15, -0.1) is 11.3 Å². The molecule has 0 saturated carbocycles. The highest BCUT2D eigenvalue weighted by Gasteiger charge is 2.23. The molecular formula is C13H17N3O2S. The molecule has 0 radical (unpaired) electrons. The number of allylic oxidation sites excluding steroid dienone is 1. The first-order valence-electron chi connectivity index (χ1n) is 6.05. The lowest BCUT2D eigenvalue weighted by atomic mass is 10.1. The number of rotatable bonds is 5. The first kappa shape index (κ1) is 13.6. The molecule has 0 spiro atoms. The molecule has 6 heteroatoms. The van der Waals surface area contributed by atoms with Crippen molar-refractivity contribution in [2.75, 3.05) is 18.4 Å². The van der Waals surface area contributed by atoms with Crippen LogP contribution in [-0.4, -0.2) is 30.4 Å². The third-order valence-electron chi connectivity index (χ3n) is 3.14. The maximum atomic E-state index is 11.6. The van der Waals surface area contributed by atoms with Gasteiger partial charge in [-0.1, -0.05) is 6.58 Å². The smallest absolute Gasteiger partial charge is 0.317 e. The second kappa shape index (κ2) is 5.44. The maximum Gasteiger partial charge on any atom is 0.317 e. The molecule has 19 heavy (non-hydrogen) atoms. The van der Waals surface area contributed by atoms with Crippen LogP contribution >= 0.6 is 11.3 Å². The number of urea groups is 1. The van der Waals surface area contributed by atoms with Gasteiger partial charge in [0.15, 0.2) is 0 Å². The number of anilines is 1. The molecule has 1 saturated heterocycles. The average molecular weight is 279 g/mol. The fourth-order valence-electron chi connectivity index (χ4n) is 2.22. The summed E-state index contributed by atoms with van der Waals surface area (Å²) in [7, 11) is 0. The van der Waals surface area contributed by atoms with Gasteiger partial charge in [-0.05, 0) is 25.0 Å². The van der Waals surface area contributed by atoms with E-state index in [4.69, 9.17) is 0 Å². The van der Waals surface area contributed by atoms with Crippen molar-refractivity contribution in [3.8, 4) is 0 Å². The second-order valence-corrected chi connectivity index (χ2v) is 5.66. The second-order valence-electron chi connectivity index (χ2n) is 4.55. The van der Waals surface area contributed by atoms with Crippen molar-refractivity contribution < 1.29 is 9.59 Å². The zero-order chi connectivity index (χ0) is 14.0. The van der Waals surface area contributed by atoms with Gasteiger partial charge in [-0.25, -0.2) is 4.79 Å². The van der Waals surface area contributed by atoms with Crippen molar-refractivity contribution in [1.82, 2.24) is 10.2 Å². The molecule has 1 aliphatic heterocycles. The van der Waals surface area contributed by atoms with Gasteiger partial charge in [-0.2, -0.15) is 0 Å². The molecule has 2 heterocycles. The minimum atomic E-state index is -0.0328. The van der Waals surface area contributed by atoms with Gasteiger partial charge in [0, 0.05) is 23.5 Å². The summed E-state index contributed by atoms with van der Waals surface area (Å²) in [5.74, 6) is 0. The monoisotopic (exact) mass is 279 g/mol. The SMILES string of the molecule is C=C(C)c1c(NC=O)sc(CN2CCNC2=O)c1C. The van der Waals surface area contributed by atoms with Gasteiger partial charge < -0.3 is 15.5 Å². The highest BCUT2D eigenvalue weighted by Crippen LogP contribution is 2.37. The van der Waals surface area contributed by atoms with Crippen LogP contribution in [0.15, 0.2) is 6.58 Å². The topological polar surface area (TPSA) is 61.4 Å². The molecule has 102 valence electrons. The van der Waals surface area contributed by atoms with Crippen LogP contribution in [0.3, 0.4) is 0 Å². The summed E-state index contributed by atoms with van der Waals surface area (Å²) in [6.07, 6.45) is 0.671. The van der Waals surface area contributed by atoms with Gasteiger partial charge in [0.1, 0.15) is 5.00 Å². The van der Waals surface area contributed by atoms with Crippen molar-refractivity contribution in [3.63, 3.8) is 0 Å². The number of carbonyl (C=O) groups excluding carboxylic acids is 2. The fourth-order valence-corrected chi connectivity index (χ4v) is 3.47. The predicted molar refractivity (Wildman–Crippen MR) is 77.3 cm³/mol. The lowest BCUT2D eigenvalue weighted by molar-refractivity contribution is -0.105.